The van der Waals surface area contributed by atoms with Gasteiger partial charge in [0.1, 0.15) is 23.9 Å². The number of halogens is 2. The molecular weight excluding hydrogens is 272 g/mol. The number of carbonyl (C=O) groups is 2. The zero-order chi connectivity index (χ0) is 14.7. The predicted molar refractivity (Wildman–Crippen MR) is 64.2 cm³/mol. The van der Waals surface area contributed by atoms with E-state index >= 15 is 0 Å². The third-order valence-electron chi connectivity index (χ3n) is 2.43. The van der Waals surface area contributed by atoms with Crippen LogP contribution in [0.4, 0.5) is 14.5 Å². The number of hydrogen-bond donors (Lipinski definition) is 2. The summed E-state index contributed by atoms with van der Waals surface area (Å²) in [5.74, 6) is -3.46. The number of nitrogens with zero attached hydrogens (tertiary/aromatic N) is 2. The molecule has 0 bridgehead atoms. The van der Waals surface area contributed by atoms with E-state index in [0.717, 1.165) is 22.9 Å². The molecule has 1 amide bonds. The van der Waals surface area contributed by atoms with Gasteiger partial charge in [0, 0.05) is 12.3 Å². The van der Waals surface area contributed by atoms with Gasteiger partial charge in [-0.25, -0.2) is 18.3 Å². The normalized spacial score (nSPS) is 10.3. The highest BCUT2D eigenvalue weighted by atomic mass is 19.1. The molecule has 0 atom stereocenters. The minimum atomic E-state index is -1.24. The maximum absolute atomic E-state index is 13.3. The van der Waals surface area contributed by atoms with Gasteiger partial charge < -0.3 is 10.4 Å². The molecule has 0 saturated heterocycles. The second-order valence-corrected chi connectivity index (χ2v) is 3.85. The van der Waals surface area contributed by atoms with E-state index in [2.05, 4.69) is 10.4 Å². The molecule has 2 rings (SSSR count). The van der Waals surface area contributed by atoms with E-state index in [1.807, 2.05) is 0 Å². The molecule has 1 aromatic carbocycles. The zero-order valence-corrected chi connectivity index (χ0v) is 10.0. The van der Waals surface area contributed by atoms with Crippen molar-refractivity contribution in [2.75, 3.05) is 5.32 Å². The Labute approximate surface area is 111 Å². The second-order valence-electron chi connectivity index (χ2n) is 3.85. The molecule has 0 aliphatic carbocycles. The van der Waals surface area contributed by atoms with Crippen LogP contribution in [0.25, 0.3) is 0 Å². The van der Waals surface area contributed by atoms with Crippen LogP contribution in [0.2, 0.25) is 0 Å². The first-order valence-electron chi connectivity index (χ1n) is 5.47. The Balaban J connectivity index is 2.11. The van der Waals surface area contributed by atoms with Gasteiger partial charge in [-0.2, -0.15) is 5.10 Å². The SMILES string of the molecule is O=C(Cn1nccc1C(=O)O)Nc1cc(F)ccc1F. The Hall–Kier alpha value is -2.77. The van der Waals surface area contributed by atoms with E-state index in [-0.39, 0.29) is 11.4 Å². The maximum Gasteiger partial charge on any atom is 0.354 e. The van der Waals surface area contributed by atoms with Gasteiger partial charge in [-0.3, -0.25) is 4.79 Å². The molecule has 0 saturated carbocycles. The molecule has 0 radical (unpaired) electrons. The van der Waals surface area contributed by atoms with E-state index < -0.39 is 30.1 Å². The van der Waals surface area contributed by atoms with E-state index in [1.165, 1.54) is 12.3 Å². The number of carbonyl (C=O) groups excluding carboxylic acids is 1. The Kier molecular flexibility index (Phi) is 3.74. The third-order valence-corrected chi connectivity index (χ3v) is 2.43. The zero-order valence-electron chi connectivity index (χ0n) is 10.0. The molecule has 1 aromatic heterocycles. The molecule has 0 spiro atoms. The van der Waals surface area contributed by atoms with Gasteiger partial charge in [-0.05, 0) is 18.2 Å². The fraction of sp³-hybridized carbons (Fsp3) is 0.0833. The van der Waals surface area contributed by atoms with Crippen LogP contribution in [0, 0.1) is 11.6 Å². The molecule has 8 heteroatoms. The lowest BCUT2D eigenvalue weighted by Crippen LogP contribution is -2.22. The number of nitrogens with one attached hydrogen (secondary N) is 1. The van der Waals surface area contributed by atoms with Crippen LogP contribution in [0.15, 0.2) is 30.5 Å². The van der Waals surface area contributed by atoms with Gasteiger partial charge in [-0.15, -0.1) is 0 Å². The Morgan fingerprint density at radius 1 is 1.30 bits per heavy atom. The van der Waals surface area contributed by atoms with Crippen molar-refractivity contribution in [1.82, 2.24) is 9.78 Å². The van der Waals surface area contributed by atoms with Crippen LogP contribution in [0.5, 0.6) is 0 Å². The number of benzene rings is 1. The largest absolute Gasteiger partial charge is 0.477 e. The summed E-state index contributed by atoms with van der Waals surface area (Å²) in [6.45, 7) is -0.426. The van der Waals surface area contributed by atoms with Gasteiger partial charge in [0.25, 0.3) is 0 Å². The van der Waals surface area contributed by atoms with Gasteiger partial charge in [0.15, 0.2) is 0 Å². The Morgan fingerprint density at radius 2 is 2.05 bits per heavy atom. The molecule has 1 heterocycles. The van der Waals surface area contributed by atoms with Crippen molar-refractivity contribution < 1.29 is 23.5 Å². The van der Waals surface area contributed by atoms with Crippen molar-refractivity contribution >= 4 is 17.6 Å². The van der Waals surface area contributed by atoms with Gasteiger partial charge in [-0.1, -0.05) is 0 Å². The van der Waals surface area contributed by atoms with Crippen molar-refractivity contribution in [2.45, 2.75) is 6.54 Å². The van der Waals surface area contributed by atoms with E-state index in [4.69, 9.17) is 5.11 Å². The number of aromatic nitrogens is 2. The highest BCUT2D eigenvalue weighted by molar-refractivity contribution is 5.92. The number of aromatic carboxylic acids is 1. The van der Waals surface area contributed by atoms with Crippen molar-refractivity contribution in [1.29, 1.82) is 0 Å². The fourth-order valence-electron chi connectivity index (χ4n) is 1.56. The third kappa shape index (κ3) is 2.97. The van der Waals surface area contributed by atoms with Crippen molar-refractivity contribution in [3.63, 3.8) is 0 Å². The van der Waals surface area contributed by atoms with E-state index in [9.17, 15) is 18.4 Å². The lowest BCUT2D eigenvalue weighted by molar-refractivity contribution is -0.116. The van der Waals surface area contributed by atoms with Crippen LogP contribution < -0.4 is 5.32 Å². The number of anilines is 1. The molecule has 0 unspecified atom stereocenters. The molecular formula is C12H9F2N3O3. The van der Waals surface area contributed by atoms with Crippen LogP contribution in [-0.2, 0) is 11.3 Å². The molecule has 0 fully saturated rings. The smallest absolute Gasteiger partial charge is 0.354 e. The predicted octanol–water partition coefficient (Wildman–Crippen LogP) is 1.50. The molecule has 0 aliphatic heterocycles. The molecule has 2 aromatic rings. The molecule has 104 valence electrons. The number of rotatable bonds is 4. The molecule has 0 aliphatic rings. The fourth-order valence-corrected chi connectivity index (χ4v) is 1.56. The summed E-state index contributed by atoms with van der Waals surface area (Å²) in [5.41, 5.74) is -0.501. The summed E-state index contributed by atoms with van der Waals surface area (Å²) >= 11 is 0. The lowest BCUT2D eigenvalue weighted by atomic mass is 10.3. The number of carboxylic acid groups (broad SMARTS) is 1. The van der Waals surface area contributed by atoms with Crippen LogP contribution >= 0.6 is 0 Å². The van der Waals surface area contributed by atoms with Gasteiger partial charge >= 0.3 is 5.97 Å². The Morgan fingerprint density at radius 3 is 2.75 bits per heavy atom. The monoisotopic (exact) mass is 281 g/mol. The first-order valence-corrected chi connectivity index (χ1v) is 5.47. The van der Waals surface area contributed by atoms with Gasteiger partial charge in [0.2, 0.25) is 5.91 Å². The first kappa shape index (κ1) is 13.7. The van der Waals surface area contributed by atoms with Crippen molar-refractivity contribution in [3.05, 3.63) is 47.8 Å². The summed E-state index contributed by atoms with van der Waals surface area (Å²) in [6, 6.07) is 3.84. The highest BCUT2D eigenvalue weighted by Gasteiger charge is 2.14. The number of amides is 1. The van der Waals surface area contributed by atoms with Gasteiger partial charge in [0.05, 0.1) is 5.69 Å². The molecule has 20 heavy (non-hydrogen) atoms. The highest BCUT2D eigenvalue weighted by Crippen LogP contribution is 2.15. The summed E-state index contributed by atoms with van der Waals surface area (Å²) in [6.07, 6.45) is 1.22. The lowest BCUT2D eigenvalue weighted by Gasteiger charge is -2.07. The summed E-state index contributed by atoms with van der Waals surface area (Å²) < 4.78 is 27.2. The number of carboxylic acids is 1. The maximum atomic E-state index is 13.3. The minimum absolute atomic E-state index is 0.181. The molecule has 2 N–H and O–H groups in total. The number of hydrogen-bond acceptors (Lipinski definition) is 3. The van der Waals surface area contributed by atoms with Crippen LogP contribution in [0.1, 0.15) is 10.5 Å². The van der Waals surface area contributed by atoms with Crippen molar-refractivity contribution in [3.8, 4) is 0 Å². The topological polar surface area (TPSA) is 84.2 Å². The quantitative estimate of drug-likeness (QED) is 0.889. The van der Waals surface area contributed by atoms with Crippen LogP contribution in [0.3, 0.4) is 0 Å². The van der Waals surface area contributed by atoms with Crippen molar-refractivity contribution in [2.24, 2.45) is 0 Å². The summed E-state index contributed by atoms with van der Waals surface area (Å²) in [7, 11) is 0. The average molecular weight is 281 g/mol. The first-order chi connectivity index (χ1) is 9.47. The minimum Gasteiger partial charge on any atom is -0.477 e. The van der Waals surface area contributed by atoms with E-state index in [0.29, 0.717) is 0 Å². The summed E-state index contributed by atoms with van der Waals surface area (Å²) in [4.78, 5) is 22.5. The average Bonchev–Trinajstić information content (AvgIpc) is 2.82. The molecule has 6 nitrogen and oxygen atoms in total. The summed E-state index contributed by atoms with van der Waals surface area (Å²) in [5, 5.41) is 14.6. The Bertz CT molecular complexity index is 670. The standard InChI is InChI=1S/C12H9F2N3O3/c13-7-1-2-8(14)9(5-7)16-11(18)6-17-10(12(19)20)3-4-15-17/h1-5H,6H2,(H,16,18)(H,19,20). The van der Waals surface area contributed by atoms with E-state index in [1.54, 1.807) is 0 Å². The van der Waals surface area contributed by atoms with Crippen LogP contribution in [-0.4, -0.2) is 26.8 Å². The second kappa shape index (κ2) is 5.47.